The molecule has 0 unspecified atom stereocenters. The Hall–Kier alpha value is -3.24. The van der Waals surface area contributed by atoms with Gasteiger partial charge in [-0.15, -0.1) is 0 Å². The average Bonchev–Trinajstić information content (AvgIpc) is 2.68. The molecule has 1 aromatic heterocycles. The Bertz CT molecular complexity index is 848. The highest BCUT2D eigenvalue weighted by Gasteiger charge is 2.12. The number of aromatic nitrogens is 1. The second-order valence-corrected chi connectivity index (χ2v) is 5.45. The number of carbonyl (C=O) groups is 1. The number of nitrogens with zero attached hydrogens (tertiary/aromatic N) is 2. The van der Waals surface area contributed by atoms with Gasteiger partial charge in [0.1, 0.15) is 23.1 Å². The first-order valence-electron chi connectivity index (χ1n) is 7.54. The van der Waals surface area contributed by atoms with Crippen molar-refractivity contribution >= 4 is 23.2 Å². The van der Waals surface area contributed by atoms with Crippen LogP contribution in [0, 0.1) is 11.3 Å². The normalized spacial score (nSPS) is 10.6. The molecule has 1 aromatic carbocycles. The van der Waals surface area contributed by atoms with Crippen LogP contribution in [-0.4, -0.2) is 25.1 Å². The highest BCUT2D eigenvalue weighted by molar-refractivity contribution is 6.32. The van der Waals surface area contributed by atoms with Gasteiger partial charge in [0.2, 0.25) is 0 Å². The van der Waals surface area contributed by atoms with Crippen LogP contribution in [0.25, 0.3) is 0 Å². The predicted molar refractivity (Wildman–Crippen MR) is 98.0 cm³/mol. The lowest BCUT2D eigenvalue weighted by Gasteiger charge is -2.12. The third-order valence-electron chi connectivity index (χ3n) is 3.39. The molecule has 0 aliphatic carbocycles. The van der Waals surface area contributed by atoms with E-state index in [-0.39, 0.29) is 12.1 Å². The van der Waals surface area contributed by atoms with Crippen molar-refractivity contribution in [3.8, 4) is 17.6 Å². The molecule has 0 atom stereocenters. The zero-order chi connectivity index (χ0) is 18.9. The number of rotatable bonds is 7. The number of halogens is 1. The summed E-state index contributed by atoms with van der Waals surface area (Å²) < 4.78 is 10.4. The molecular weight excluding hydrogens is 356 g/mol. The third kappa shape index (κ3) is 4.88. The number of hydrogen-bond acceptors (Lipinski definition) is 6. The Kier molecular flexibility index (Phi) is 6.83. The second-order valence-electron chi connectivity index (χ2n) is 5.05. The number of methoxy groups -OCH3 is 2. The Morgan fingerprint density at radius 3 is 2.73 bits per heavy atom. The highest BCUT2D eigenvalue weighted by Crippen LogP contribution is 2.35. The van der Waals surface area contributed by atoms with Gasteiger partial charge in [-0.3, -0.25) is 9.78 Å². The number of anilines is 1. The summed E-state index contributed by atoms with van der Waals surface area (Å²) in [6.07, 6.45) is 4.58. The smallest absolute Gasteiger partial charge is 0.263 e. The minimum absolute atomic E-state index is 0.0927. The number of pyridine rings is 1. The van der Waals surface area contributed by atoms with Gasteiger partial charge in [-0.25, -0.2) is 0 Å². The fourth-order valence-corrected chi connectivity index (χ4v) is 2.28. The van der Waals surface area contributed by atoms with E-state index in [2.05, 4.69) is 15.6 Å². The quantitative estimate of drug-likeness (QED) is 0.573. The third-order valence-corrected chi connectivity index (χ3v) is 3.68. The molecule has 0 saturated heterocycles. The van der Waals surface area contributed by atoms with E-state index in [1.165, 1.54) is 20.4 Å². The summed E-state index contributed by atoms with van der Waals surface area (Å²) in [6, 6.07) is 8.64. The van der Waals surface area contributed by atoms with Crippen molar-refractivity contribution in [3.63, 3.8) is 0 Å². The van der Waals surface area contributed by atoms with Gasteiger partial charge in [-0.2, -0.15) is 5.26 Å². The molecule has 26 heavy (non-hydrogen) atoms. The number of carbonyl (C=O) groups excluding carboxylic acids is 1. The van der Waals surface area contributed by atoms with Crippen molar-refractivity contribution in [1.82, 2.24) is 10.3 Å². The van der Waals surface area contributed by atoms with E-state index >= 15 is 0 Å². The fraction of sp³-hybridized carbons (Fsp3) is 0.167. The zero-order valence-electron chi connectivity index (χ0n) is 14.2. The van der Waals surface area contributed by atoms with Crippen LogP contribution in [0.1, 0.15) is 5.56 Å². The van der Waals surface area contributed by atoms with E-state index in [0.29, 0.717) is 22.2 Å². The lowest BCUT2D eigenvalue weighted by atomic mass is 10.2. The topological polar surface area (TPSA) is 96.3 Å². The molecule has 7 nitrogen and oxygen atoms in total. The molecule has 0 fully saturated rings. The van der Waals surface area contributed by atoms with E-state index < -0.39 is 5.91 Å². The Morgan fingerprint density at radius 2 is 2.12 bits per heavy atom. The largest absolute Gasteiger partial charge is 0.495 e. The Balaban J connectivity index is 2.11. The van der Waals surface area contributed by atoms with E-state index in [9.17, 15) is 10.1 Å². The van der Waals surface area contributed by atoms with Crippen LogP contribution in [0.2, 0.25) is 5.02 Å². The van der Waals surface area contributed by atoms with E-state index in [4.69, 9.17) is 21.1 Å². The first kappa shape index (κ1) is 19.1. The summed E-state index contributed by atoms with van der Waals surface area (Å²) in [5, 5.41) is 15.2. The molecule has 1 heterocycles. The van der Waals surface area contributed by atoms with Crippen molar-refractivity contribution in [2.24, 2.45) is 0 Å². The lowest BCUT2D eigenvalue weighted by molar-refractivity contribution is -0.117. The molecule has 0 saturated carbocycles. The van der Waals surface area contributed by atoms with E-state index in [1.807, 2.05) is 12.1 Å². The molecule has 8 heteroatoms. The van der Waals surface area contributed by atoms with Crippen molar-refractivity contribution < 1.29 is 14.3 Å². The van der Waals surface area contributed by atoms with E-state index in [1.54, 1.807) is 30.6 Å². The van der Waals surface area contributed by atoms with Crippen molar-refractivity contribution in [1.29, 1.82) is 5.26 Å². The van der Waals surface area contributed by atoms with Gasteiger partial charge in [0, 0.05) is 37.3 Å². The molecule has 134 valence electrons. The van der Waals surface area contributed by atoms with Crippen LogP contribution >= 0.6 is 11.6 Å². The zero-order valence-corrected chi connectivity index (χ0v) is 15.0. The van der Waals surface area contributed by atoms with Crippen LogP contribution < -0.4 is 20.1 Å². The number of nitrogens with one attached hydrogen (secondary N) is 2. The molecule has 2 aromatic rings. The molecule has 2 N–H and O–H groups in total. The van der Waals surface area contributed by atoms with Gasteiger partial charge in [-0.05, 0) is 11.6 Å². The maximum Gasteiger partial charge on any atom is 0.263 e. The van der Waals surface area contributed by atoms with Gasteiger partial charge in [0.25, 0.3) is 5.91 Å². The monoisotopic (exact) mass is 372 g/mol. The van der Waals surface area contributed by atoms with Gasteiger partial charge in [0.05, 0.1) is 24.9 Å². The Labute approximate surface area is 156 Å². The molecule has 0 aliphatic heterocycles. The van der Waals surface area contributed by atoms with Crippen molar-refractivity contribution in [2.75, 3.05) is 19.5 Å². The highest BCUT2D eigenvalue weighted by atomic mass is 35.5. The van der Waals surface area contributed by atoms with Crippen molar-refractivity contribution in [3.05, 3.63) is 59.0 Å². The summed E-state index contributed by atoms with van der Waals surface area (Å²) in [6.45, 7) is 0.268. The Morgan fingerprint density at radius 1 is 1.35 bits per heavy atom. The lowest BCUT2D eigenvalue weighted by Crippen LogP contribution is -2.24. The average molecular weight is 373 g/mol. The standard InChI is InChI=1S/C18H17ClN4O3/c1-25-16-7-15(17(26-2)6-14(16)19)22-11-13(8-20)18(24)23-10-12-4-3-5-21-9-12/h3-7,9,11,22H,10H2,1-2H3,(H,23,24)/b13-11-. The second kappa shape index (κ2) is 9.30. The molecule has 2 rings (SSSR count). The van der Waals surface area contributed by atoms with Crippen LogP contribution in [0.15, 0.2) is 48.4 Å². The van der Waals surface area contributed by atoms with Crippen LogP contribution in [0.3, 0.4) is 0 Å². The summed E-state index contributed by atoms with van der Waals surface area (Å²) in [5.74, 6) is 0.367. The number of amides is 1. The fourth-order valence-electron chi connectivity index (χ4n) is 2.05. The summed E-state index contributed by atoms with van der Waals surface area (Å²) in [7, 11) is 2.97. The number of hydrogen-bond donors (Lipinski definition) is 2. The maximum absolute atomic E-state index is 12.2. The molecule has 1 amide bonds. The van der Waals surface area contributed by atoms with Gasteiger partial charge < -0.3 is 20.1 Å². The van der Waals surface area contributed by atoms with Crippen molar-refractivity contribution in [2.45, 2.75) is 6.54 Å². The molecular formula is C18H17ClN4O3. The number of nitriles is 1. The number of benzene rings is 1. The molecule has 0 spiro atoms. The predicted octanol–water partition coefficient (Wildman–Crippen LogP) is 2.89. The first-order valence-corrected chi connectivity index (χ1v) is 7.92. The van der Waals surface area contributed by atoms with Gasteiger partial charge >= 0.3 is 0 Å². The van der Waals surface area contributed by atoms with E-state index in [0.717, 1.165) is 5.56 Å². The maximum atomic E-state index is 12.2. The molecule has 0 aliphatic rings. The van der Waals surface area contributed by atoms with Gasteiger partial charge in [0.15, 0.2) is 0 Å². The summed E-state index contributed by atoms with van der Waals surface area (Å²) >= 11 is 6.05. The number of ether oxygens (including phenoxy) is 2. The summed E-state index contributed by atoms with van der Waals surface area (Å²) in [5.41, 5.74) is 1.24. The molecule has 0 bridgehead atoms. The van der Waals surface area contributed by atoms with Crippen LogP contribution in [0.4, 0.5) is 5.69 Å². The van der Waals surface area contributed by atoms with Crippen LogP contribution in [-0.2, 0) is 11.3 Å². The minimum atomic E-state index is -0.510. The SMILES string of the molecule is COc1cc(N/C=C(/C#N)C(=O)NCc2cccnc2)c(OC)cc1Cl. The van der Waals surface area contributed by atoms with Crippen LogP contribution in [0.5, 0.6) is 11.5 Å². The first-order chi connectivity index (χ1) is 12.6. The summed E-state index contributed by atoms with van der Waals surface area (Å²) in [4.78, 5) is 16.1. The van der Waals surface area contributed by atoms with Gasteiger partial charge in [-0.1, -0.05) is 17.7 Å². The minimum Gasteiger partial charge on any atom is -0.495 e. The molecule has 0 radical (unpaired) electrons.